The molecule has 3 nitrogen and oxygen atoms in total. The molecule has 1 atom stereocenters. The van der Waals surface area contributed by atoms with Gasteiger partial charge in [-0.3, -0.25) is 0 Å². The largest absolute Gasteiger partial charge is 0.378 e. The van der Waals surface area contributed by atoms with Crippen LogP contribution in [0.25, 0.3) is 0 Å². The summed E-state index contributed by atoms with van der Waals surface area (Å²) in [6.07, 6.45) is 6.71. The van der Waals surface area contributed by atoms with Crippen molar-refractivity contribution < 1.29 is 4.74 Å². The first-order chi connectivity index (χ1) is 7.36. The topological polar surface area (TPSA) is 38.5 Å². The minimum Gasteiger partial charge on any atom is -0.378 e. The predicted octanol–water partition coefficient (Wildman–Crippen LogP) is 1.62. The smallest absolute Gasteiger partial charge is 0.0576 e. The Morgan fingerprint density at radius 1 is 1.33 bits per heavy atom. The van der Waals surface area contributed by atoms with Gasteiger partial charge in [0.25, 0.3) is 0 Å². The van der Waals surface area contributed by atoms with Crippen molar-refractivity contribution in [3.63, 3.8) is 0 Å². The maximum Gasteiger partial charge on any atom is 0.0576 e. The summed E-state index contributed by atoms with van der Waals surface area (Å²) in [6.45, 7) is 7.51. The molecule has 2 N–H and O–H groups in total. The molecule has 0 saturated carbocycles. The molecule has 1 heterocycles. The lowest BCUT2D eigenvalue weighted by molar-refractivity contribution is 0.0989. The Bertz CT molecular complexity index is 147. The lowest BCUT2D eigenvalue weighted by Crippen LogP contribution is -2.27. The number of rotatable bonds is 8. The zero-order valence-electron chi connectivity index (χ0n) is 10.1. The highest BCUT2D eigenvalue weighted by atomic mass is 16.5. The van der Waals surface area contributed by atoms with E-state index in [-0.39, 0.29) is 0 Å². The molecule has 1 aliphatic rings. The van der Waals surface area contributed by atoms with Gasteiger partial charge in [-0.25, -0.2) is 0 Å². The second-order valence-electron chi connectivity index (χ2n) is 4.35. The summed E-state index contributed by atoms with van der Waals surface area (Å²) in [7, 11) is 0. The van der Waals surface area contributed by atoms with E-state index in [1.165, 1.54) is 32.2 Å². The SMILES string of the molecule is CCN(CCCN)CCCC1CCCO1. The van der Waals surface area contributed by atoms with Crippen LogP contribution < -0.4 is 5.73 Å². The quantitative estimate of drug-likeness (QED) is 0.667. The molecular weight excluding hydrogens is 188 g/mol. The Hall–Kier alpha value is -0.120. The van der Waals surface area contributed by atoms with Crippen molar-refractivity contribution in [2.75, 3.05) is 32.8 Å². The minimum atomic E-state index is 0.554. The monoisotopic (exact) mass is 214 g/mol. The Labute approximate surface area is 94.0 Å². The van der Waals surface area contributed by atoms with Crippen molar-refractivity contribution in [2.24, 2.45) is 5.73 Å². The lowest BCUT2D eigenvalue weighted by Gasteiger charge is -2.20. The molecule has 1 unspecified atom stereocenters. The van der Waals surface area contributed by atoms with Gasteiger partial charge >= 0.3 is 0 Å². The molecule has 0 bridgehead atoms. The second-order valence-corrected chi connectivity index (χ2v) is 4.35. The third-order valence-electron chi connectivity index (χ3n) is 3.15. The van der Waals surface area contributed by atoms with Crippen LogP contribution in [0.15, 0.2) is 0 Å². The van der Waals surface area contributed by atoms with Gasteiger partial charge in [0, 0.05) is 6.61 Å². The van der Waals surface area contributed by atoms with Crippen LogP contribution in [-0.4, -0.2) is 43.8 Å². The van der Waals surface area contributed by atoms with Crippen molar-refractivity contribution in [3.8, 4) is 0 Å². The van der Waals surface area contributed by atoms with Crippen molar-refractivity contribution in [3.05, 3.63) is 0 Å². The zero-order chi connectivity index (χ0) is 10.9. The number of ether oxygens (including phenoxy) is 1. The molecule has 0 aromatic carbocycles. The van der Waals surface area contributed by atoms with Crippen LogP contribution in [0, 0.1) is 0 Å². The van der Waals surface area contributed by atoms with E-state index in [1.807, 2.05) is 0 Å². The minimum absolute atomic E-state index is 0.554. The molecule has 0 aromatic heterocycles. The molecule has 90 valence electrons. The van der Waals surface area contributed by atoms with E-state index >= 15 is 0 Å². The molecule has 1 aliphatic heterocycles. The average Bonchev–Trinajstić information content (AvgIpc) is 2.76. The van der Waals surface area contributed by atoms with Crippen LogP contribution in [0.5, 0.6) is 0 Å². The van der Waals surface area contributed by atoms with E-state index in [4.69, 9.17) is 10.5 Å². The van der Waals surface area contributed by atoms with E-state index in [0.717, 1.165) is 32.7 Å². The molecular formula is C12H26N2O. The molecule has 0 aromatic rings. The summed E-state index contributed by atoms with van der Waals surface area (Å²) in [5.41, 5.74) is 5.51. The van der Waals surface area contributed by atoms with Crippen LogP contribution in [0.3, 0.4) is 0 Å². The lowest BCUT2D eigenvalue weighted by atomic mass is 10.1. The summed E-state index contributed by atoms with van der Waals surface area (Å²) in [6, 6.07) is 0. The van der Waals surface area contributed by atoms with Gasteiger partial charge in [0.05, 0.1) is 6.10 Å². The van der Waals surface area contributed by atoms with Gasteiger partial charge in [0.1, 0.15) is 0 Å². The van der Waals surface area contributed by atoms with Crippen molar-refractivity contribution in [1.82, 2.24) is 4.90 Å². The maximum atomic E-state index is 5.61. The van der Waals surface area contributed by atoms with E-state index in [2.05, 4.69) is 11.8 Å². The molecule has 15 heavy (non-hydrogen) atoms. The summed E-state index contributed by atoms with van der Waals surface area (Å²) in [4.78, 5) is 2.49. The highest BCUT2D eigenvalue weighted by Gasteiger charge is 2.14. The molecule has 1 fully saturated rings. The summed E-state index contributed by atoms with van der Waals surface area (Å²) >= 11 is 0. The highest BCUT2D eigenvalue weighted by molar-refractivity contribution is 4.66. The third kappa shape index (κ3) is 5.50. The molecule has 1 rings (SSSR count). The van der Waals surface area contributed by atoms with Crippen LogP contribution in [0.4, 0.5) is 0 Å². The molecule has 3 heteroatoms. The van der Waals surface area contributed by atoms with Crippen LogP contribution in [0.1, 0.15) is 39.0 Å². The van der Waals surface area contributed by atoms with Crippen LogP contribution >= 0.6 is 0 Å². The Kier molecular flexibility index (Phi) is 6.98. The molecule has 0 amide bonds. The number of nitrogens with zero attached hydrogens (tertiary/aromatic N) is 1. The number of nitrogens with two attached hydrogens (primary N) is 1. The molecule has 0 radical (unpaired) electrons. The highest BCUT2D eigenvalue weighted by Crippen LogP contribution is 2.16. The summed E-state index contributed by atoms with van der Waals surface area (Å²) < 4.78 is 5.61. The van der Waals surface area contributed by atoms with Crippen LogP contribution in [-0.2, 0) is 4.74 Å². The first-order valence-corrected chi connectivity index (χ1v) is 6.40. The van der Waals surface area contributed by atoms with Gasteiger partial charge in [-0.2, -0.15) is 0 Å². The first-order valence-electron chi connectivity index (χ1n) is 6.40. The zero-order valence-corrected chi connectivity index (χ0v) is 10.1. The fourth-order valence-corrected chi connectivity index (χ4v) is 2.16. The van der Waals surface area contributed by atoms with Gasteiger partial charge in [-0.15, -0.1) is 0 Å². The van der Waals surface area contributed by atoms with E-state index in [1.54, 1.807) is 0 Å². The predicted molar refractivity (Wildman–Crippen MR) is 64.0 cm³/mol. The van der Waals surface area contributed by atoms with Gasteiger partial charge in [0.2, 0.25) is 0 Å². The Balaban J connectivity index is 2.00. The number of hydrogen-bond donors (Lipinski definition) is 1. The van der Waals surface area contributed by atoms with Gasteiger partial charge in [0.15, 0.2) is 0 Å². The number of hydrogen-bond acceptors (Lipinski definition) is 3. The Morgan fingerprint density at radius 2 is 2.13 bits per heavy atom. The van der Waals surface area contributed by atoms with Crippen molar-refractivity contribution in [1.29, 1.82) is 0 Å². The fourth-order valence-electron chi connectivity index (χ4n) is 2.16. The molecule has 1 saturated heterocycles. The van der Waals surface area contributed by atoms with Gasteiger partial charge < -0.3 is 15.4 Å². The summed E-state index contributed by atoms with van der Waals surface area (Å²) in [5.74, 6) is 0. The fraction of sp³-hybridized carbons (Fsp3) is 1.00. The molecule has 0 aliphatic carbocycles. The third-order valence-corrected chi connectivity index (χ3v) is 3.15. The molecule has 0 spiro atoms. The Morgan fingerprint density at radius 3 is 2.73 bits per heavy atom. The van der Waals surface area contributed by atoms with E-state index in [9.17, 15) is 0 Å². The first kappa shape index (κ1) is 12.9. The normalized spacial score (nSPS) is 21.4. The standard InChI is InChI=1S/C12H26N2O/c1-2-14(10-5-8-13)9-3-6-12-7-4-11-15-12/h12H,2-11,13H2,1H3. The second kappa shape index (κ2) is 8.08. The van der Waals surface area contributed by atoms with Crippen molar-refractivity contribution in [2.45, 2.75) is 45.1 Å². The average molecular weight is 214 g/mol. The van der Waals surface area contributed by atoms with Gasteiger partial charge in [-0.1, -0.05) is 6.92 Å². The van der Waals surface area contributed by atoms with Crippen molar-refractivity contribution >= 4 is 0 Å². The maximum absolute atomic E-state index is 5.61. The van der Waals surface area contributed by atoms with E-state index in [0.29, 0.717) is 6.10 Å². The van der Waals surface area contributed by atoms with E-state index < -0.39 is 0 Å². The van der Waals surface area contributed by atoms with Crippen LogP contribution in [0.2, 0.25) is 0 Å². The van der Waals surface area contributed by atoms with Gasteiger partial charge in [-0.05, 0) is 58.3 Å². The summed E-state index contributed by atoms with van der Waals surface area (Å²) in [5, 5.41) is 0.